The Bertz CT molecular complexity index is 377. The van der Waals surface area contributed by atoms with Crippen molar-refractivity contribution in [3.8, 4) is 0 Å². The van der Waals surface area contributed by atoms with Crippen LogP contribution in [0.2, 0.25) is 0 Å². The highest BCUT2D eigenvalue weighted by atomic mass is 32.1. The molecule has 3 nitrogen and oxygen atoms in total. The van der Waals surface area contributed by atoms with Gasteiger partial charge in [0.05, 0.1) is 11.4 Å². The van der Waals surface area contributed by atoms with Crippen LogP contribution in [-0.4, -0.2) is 16.1 Å². The van der Waals surface area contributed by atoms with Gasteiger partial charge in [-0.1, -0.05) is 19.8 Å². The number of nitrogens with zero attached hydrogens (tertiary/aromatic N) is 1. The van der Waals surface area contributed by atoms with E-state index in [0.29, 0.717) is 5.92 Å². The van der Waals surface area contributed by atoms with Crippen LogP contribution in [0.15, 0.2) is 11.7 Å². The average Bonchev–Trinajstić information content (AvgIpc) is 2.82. The van der Waals surface area contributed by atoms with Crippen molar-refractivity contribution in [3.05, 3.63) is 16.6 Å². The summed E-state index contributed by atoms with van der Waals surface area (Å²) in [6.45, 7) is 2.21. The van der Waals surface area contributed by atoms with Crippen LogP contribution in [0.3, 0.4) is 0 Å². The summed E-state index contributed by atoms with van der Waals surface area (Å²) in [5.74, 6) is 0.261. The van der Waals surface area contributed by atoms with E-state index in [4.69, 9.17) is 0 Å². The number of aliphatic carboxylic acids is 1. The Labute approximate surface area is 112 Å². The molecule has 2 rings (SSSR count). The van der Waals surface area contributed by atoms with Gasteiger partial charge in [-0.2, -0.15) is 0 Å². The summed E-state index contributed by atoms with van der Waals surface area (Å²) in [7, 11) is 0. The third-order valence-electron chi connectivity index (χ3n) is 4.05. The first-order valence-electron chi connectivity index (χ1n) is 6.80. The van der Waals surface area contributed by atoms with Crippen LogP contribution in [0.5, 0.6) is 0 Å². The van der Waals surface area contributed by atoms with Crippen LogP contribution in [-0.2, 0) is 11.2 Å². The van der Waals surface area contributed by atoms with E-state index < -0.39 is 5.97 Å². The third-order valence-corrected chi connectivity index (χ3v) is 4.85. The number of carboxylic acids is 1. The van der Waals surface area contributed by atoms with Crippen LogP contribution in [0.1, 0.15) is 43.9 Å². The van der Waals surface area contributed by atoms with Crippen LogP contribution in [0, 0.1) is 17.8 Å². The van der Waals surface area contributed by atoms with Gasteiger partial charge in [0.2, 0.25) is 0 Å². The van der Waals surface area contributed by atoms with Crippen LogP contribution < -0.4 is 0 Å². The largest absolute Gasteiger partial charge is 0.481 e. The van der Waals surface area contributed by atoms with Crippen molar-refractivity contribution in [2.24, 2.45) is 17.8 Å². The SMILES string of the molecule is CCCC1CCC(C(=O)O)C(Cc2cncs2)C1. The highest BCUT2D eigenvalue weighted by Gasteiger charge is 2.34. The zero-order valence-electron chi connectivity index (χ0n) is 10.8. The topological polar surface area (TPSA) is 50.2 Å². The maximum Gasteiger partial charge on any atom is 0.306 e. The molecule has 0 amide bonds. The highest BCUT2D eigenvalue weighted by molar-refractivity contribution is 7.09. The molecule has 0 saturated heterocycles. The maximum atomic E-state index is 11.3. The van der Waals surface area contributed by atoms with Crippen molar-refractivity contribution in [1.29, 1.82) is 0 Å². The number of thiazole rings is 1. The standard InChI is InChI=1S/C14H21NO2S/c1-2-3-10-4-5-13(14(16)17)11(6-10)7-12-8-15-9-18-12/h8-11,13H,2-7H2,1H3,(H,16,17). The van der Waals surface area contributed by atoms with E-state index in [-0.39, 0.29) is 5.92 Å². The molecular weight excluding hydrogens is 246 g/mol. The number of carboxylic acid groups (broad SMARTS) is 1. The van der Waals surface area contributed by atoms with Crippen molar-refractivity contribution in [1.82, 2.24) is 4.98 Å². The molecule has 0 aliphatic heterocycles. The van der Waals surface area contributed by atoms with E-state index in [9.17, 15) is 9.90 Å². The van der Waals surface area contributed by atoms with Gasteiger partial charge in [0.15, 0.2) is 0 Å². The monoisotopic (exact) mass is 267 g/mol. The quantitative estimate of drug-likeness (QED) is 0.886. The molecule has 1 heterocycles. The first kappa shape index (κ1) is 13.5. The van der Waals surface area contributed by atoms with Gasteiger partial charge >= 0.3 is 5.97 Å². The van der Waals surface area contributed by atoms with E-state index in [1.807, 2.05) is 11.7 Å². The summed E-state index contributed by atoms with van der Waals surface area (Å²) in [5.41, 5.74) is 1.83. The lowest BCUT2D eigenvalue weighted by molar-refractivity contribution is -0.145. The molecule has 18 heavy (non-hydrogen) atoms. The molecule has 0 aromatic carbocycles. The fourth-order valence-electron chi connectivity index (χ4n) is 3.18. The maximum absolute atomic E-state index is 11.3. The Kier molecular flexibility index (Phi) is 4.75. The fraction of sp³-hybridized carbons (Fsp3) is 0.714. The van der Waals surface area contributed by atoms with E-state index in [2.05, 4.69) is 11.9 Å². The van der Waals surface area contributed by atoms with Crippen molar-refractivity contribution >= 4 is 17.3 Å². The number of carbonyl (C=O) groups is 1. The molecule has 1 N–H and O–H groups in total. The molecule has 3 unspecified atom stereocenters. The second kappa shape index (κ2) is 6.32. The zero-order chi connectivity index (χ0) is 13.0. The lowest BCUT2D eigenvalue weighted by atomic mass is 9.71. The second-order valence-corrected chi connectivity index (χ2v) is 6.32. The summed E-state index contributed by atoms with van der Waals surface area (Å²) in [4.78, 5) is 16.7. The van der Waals surface area contributed by atoms with Crippen molar-refractivity contribution in [3.63, 3.8) is 0 Å². The predicted molar refractivity (Wildman–Crippen MR) is 72.7 cm³/mol. The molecule has 3 atom stereocenters. The molecule has 0 bridgehead atoms. The summed E-state index contributed by atoms with van der Waals surface area (Å²) in [6, 6.07) is 0. The van der Waals surface area contributed by atoms with E-state index in [0.717, 1.165) is 31.6 Å². The molecule has 100 valence electrons. The van der Waals surface area contributed by atoms with Crippen molar-refractivity contribution < 1.29 is 9.90 Å². The van der Waals surface area contributed by atoms with Gasteiger partial charge in [0.25, 0.3) is 0 Å². The van der Waals surface area contributed by atoms with Gasteiger partial charge in [-0.05, 0) is 37.5 Å². The molecule has 1 aliphatic carbocycles. The van der Waals surface area contributed by atoms with Gasteiger partial charge in [0.1, 0.15) is 0 Å². The number of aromatic nitrogens is 1. The molecule has 0 spiro atoms. The number of rotatable bonds is 5. The molecule has 1 fully saturated rings. The van der Waals surface area contributed by atoms with Gasteiger partial charge in [0, 0.05) is 11.1 Å². The zero-order valence-corrected chi connectivity index (χ0v) is 11.7. The Morgan fingerprint density at radius 1 is 1.56 bits per heavy atom. The van der Waals surface area contributed by atoms with Crippen LogP contribution in [0.4, 0.5) is 0 Å². The Morgan fingerprint density at radius 3 is 3.00 bits per heavy atom. The van der Waals surface area contributed by atoms with E-state index in [1.165, 1.54) is 17.7 Å². The molecular formula is C14H21NO2S. The minimum absolute atomic E-state index is 0.153. The number of hydrogen-bond acceptors (Lipinski definition) is 3. The second-order valence-electron chi connectivity index (χ2n) is 5.34. The predicted octanol–water partition coefficient (Wildman–Crippen LogP) is 3.60. The lowest BCUT2D eigenvalue weighted by Gasteiger charge is -2.33. The molecule has 1 saturated carbocycles. The minimum Gasteiger partial charge on any atom is -0.481 e. The van der Waals surface area contributed by atoms with Gasteiger partial charge in [-0.15, -0.1) is 11.3 Å². The normalized spacial score (nSPS) is 28.2. The van der Waals surface area contributed by atoms with Crippen LogP contribution >= 0.6 is 11.3 Å². The van der Waals surface area contributed by atoms with E-state index >= 15 is 0 Å². The van der Waals surface area contributed by atoms with Crippen molar-refractivity contribution in [2.75, 3.05) is 0 Å². The molecule has 1 aromatic heterocycles. The first-order valence-corrected chi connectivity index (χ1v) is 7.68. The summed E-state index contributed by atoms with van der Waals surface area (Å²) >= 11 is 1.64. The number of hydrogen-bond donors (Lipinski definition) is 1. The van der Waals surface area contributed by atoms with E-state index in [1.54, 1.807) is 11.3 Å². The molecule has 0 radical (unpaired) electrons. The fourth-order valence-corrected chi connectivity index (χ4v) is 3.87. The molecule has 1 aliphatic rings. The van der Waals surface area contributed by atoms with Gasteiger partial charge in [-0.3, -0.25) is 9.78 Å². The Morgan fingerprint density at radius 2 is 2.39 bits per heavy atom. The molecule has 1 aromatic rings. The summed E-state index contributed by atoms with van der Waals surface area (Å²) in [6.07, 6.45) is 8.23. The Hall–Kier alpha value is -0.900. The minimum atomic E-state index is -0.612. The van der Waals surface area contributed by atoms with Crippen molar-refractivity contribution in [2.45, 2.75) is 45.4 Å². The Balaban J connectivity index is 2.02. The summed E-state index contributed by atoms with van der Waals surface area (Å²) in [5, 5.41) is 9.34. The van der Waals surface area contributed by atoms with Gasteiger partial charge < -0.3 is 5.11 Å². The highest BCUT2D eigenvalue weighted by Crippen LogP contribution is 2.38. The van der Waals surface area contributed by atoms with Crippen LogP contribution in [0.25, 0.3) is 0 Å². The van der Waals surface area contributed by atoms with Gasteiger partial charge in [-0.25, -0.2) is 0 Å². The first-order chi connectivity index (χ1) is 8.70. The lowest BCUT2D eigenvalue weighted by Crippen LogP contribution is -2.31. The smallest absolute Gasteiger partial charge is 0.306 e. The third kappa shape index (κ3) is 3.31. The molecule has 4 heteroatoms. The summed E-state index contributed by atoms with van der Waals surface area (Å²) < 4.78 is 0. The average molecular weight is 267 g/mol.